The molecule has 0 aliphatic carbocycles. The first kappa shape index (κ1) is 23.4. The van der Waals surface area contributed by atoms with Crippen molar-refractivity contribution in [1.29, 1.82) is 0 Å². The number of carbonyl (C=O) groups is 2. The molecule has 0 saturated carbocycles. The maximum absolute atomic E-state index is 12.8. The summed E-state index contributed by atoms with van der Waals surface area (Å²) in [5.41, 5.74) is -1.35. The third kappa shape index (κ3) is 4.81. The fourth-order valence-electron chi connectivity index (χ4n) is 3.55. The first-order valence-electron chi connectivity index (χ1n) is 10.4. The number of benzene rings is 1. The highest BCUT2D eigenvalue weighted by Crippen LogP contribution is 2.40. The first-order chi connectivity index (χ1) is 13.5. The zero-order valence-electron chi connectivity index (χ0n) is 18.8. The van der Waals surface area contributed by atoms with Crippen LogP contribution < -0.4 is 0 Å². The second-order valence-electron chi connectivity index (χ2n) is 9.09. The summed E-state index contributed by atoms with van der Waals surface area (Å²) < 4.78 is 11.2. The summed E-state index contributed by atoms with van der Waals surface area (Å²) >= 11 is 0. The van der Waals surface area contributed by atoms with Crippen LogP contribution in [0.25, 0.3) is 0 Å². The number of carbonyl (C=O) groups excluding carboxylic acids is 2. The molecular weight excluding hydrogens is 370 g/mol. The lowest BCUT2D eigenvalue weighted by atomic mass is 9.85. The standard InChI is InChI=1S/C23H35NO5/c1-8-23(9-2)20(26)28-16-22(7,15-27-19(25)21(4,5)6)24(23)29-17(3)18-13-11-10-12-14-18/h10-14,17H,8-9,15-16H2,1-7H3. The van der Waals surface area contributed by atoms with E-state index in [1.54, 1.807) is 5.06 Å². The van der Waals surface area contributed by atoms with Crippen LogP contribution in [0.4, 0.5) is 0 Å². The van der Waals surface area contributed by atoms with Gasteiger partial charge in [0.15, 0.2) is 0 Å². The number of hydrogen-bond acceptors (Lipinski definition) is 6. The number of esters is 2. The van der Waals surface area contributed by atoms with Crippen LogP contribution in [0.3, 0.4) is 0 Å². The second-order valence-corrected chi connectivity index (χ2v) is 9.09. The molecule has 2 unspecified atom stereocenters. The van der Waals surface area contributed by atoms with E-state index < -0.39 is 16.5 Å². The van der Waals surface area contributed by atoms with Crippen molar-refractivity contribution in [3.05, 3.63) is 35.9 Å². The van der Waals surface area contributed by atoms with Crippen molar-refractivity contribution in [1.82, 2.24) is 5.06 Å². The number of hydrogen-bond donors (Lipinski definition) is 0. The molecule has 2 rings (SSSR count). The molecule has 162 valence electrons. The van der Waals surface area contributed by atoms with Crippen molar-refractivity contribution >= 4 is 11.9 Å². The Balaban J connectivity index is 2.36. The van der Waals surface area contributed by atoms with Gasteiger partial charge in [0.25, 0.3) is 0 Å². The molecule has 2 atom stereocenters. The molecule has 0 amide bonds. The number of cyclic esters (lactones) is 1. The Morgan fingerprint density at radius 3 is 2.31 bits per heavy atom. The summed E-state index contributed by atoms with van der Waals surface area (Å²) in [5.74, 6) is -0.604. The normalized spacial score (nSPS) is 23.3. The summed E-state index contributed by atoms with van der Waals surface area (Å²) in [5, 5.41) is 1.75. The van der Waals surface area contributed by atoms with Crippen molar-refractivity contribution in [2.24, 2.45) is 5.41 Å². The van der Waals surface area contributed by atoms with Crippen LogP contribution in [-0.2, 0) is 23.9 Å². The van der Waals surface area contributed by atoms with Gasteiger partial charge >= 0.3 is 11.9 Å². The lowest BCUT2D eigenvalue weighted by Gasteiger charge is -2.53. The molecule has 1 saturated heterocycles. The molecule has 0 spiro atoms. The maximum Gasteiger partial charge on any atom is 0.328 e. The molecule has 1 aliphatic heterocycles. The second kappa shape index (κ2) is 8.84. The zero-order valence-corrected chi connectivity index (χ0v) is 18.8. The molecule has 6 heteroatoms. The Hall–Kier alpha value is -1.92. The van der Waals surface area contributed by atoms with E-state index in [1.807, 2.05) is 78.8 Å². The Morgan fingerprint density at radius 2 is 1.79 bits per heavy atom. The molecule has 0 radical (unpaired) electrons. The molecule has 1 aliphatic rings. The molecule has 0 N–H and O–H groups in total. The Kier molecular flexibility index (Phi) is 7.12. The minimum Gasteiger partial charge on any atom is -0.463 e. The highest BCUT2D eigenvalue weighted by Gasteiger charge is 2.57. The summed E-state index contributed by atoms with van der Waals surface area (Å²) in [6.45, 7) is 13.3. The van der Waals surface area contributed by atoms with Gasteiger partial charge < -0.3 is 9.47 Å². The number of ether oxygens (including phenoxy) is 2. The molecule has 0 aromatic heterocycles. The highest BCUT2D eigenvalue weighted by molar-refractivity contribution is 5.81. The van der Waals surface area contributed by atoms with Crippen molar-refractivity contribution in [3.63, 3.8) is 0 Å². The van der Waals surface area contributed by atoms with Gasteiger partial charge in [-0.2, -0.15) is 5.06 Å². The number of rotatable bonds is 7. The van der Waals surface area contributed by atoms with Gasteiger partial charge in [0.05, 0.1) is 5.41 Å². The van der Waals surface area contributed by atoms with Crippen LogP contribution in [0.15, 0.2) is 30.3 Å². The Bertz CT molecular complexity index is 708. The van der Waals surface area contributed by atoms with Crippen molar-refractivity contribution in [2.45, 2.75) is 78.5 Å². The third-order valence-electron chi connectivity index (χ3n) is 5.60. The molecule has 1 aromatic rings. The number of nitrogens with zero attached hydrogens (tertiary/aromatic N) is 1. The molecule has 29 heavy (non-hydrogen) atoms. The van der Waals surface area contributed by atoms with Gasteiger partial charge in [-0.25, -0.2) is 4.79 Å². The van der Waals surface area contributed by atoms with E-state index >= 15 is 0 Å². The predicted octanol–water partition coefficient (Wildman–Crippen LogP) is 4.44. The van der Waals surface area contributed by atoms with Gasteiger partial charge in [-0.1, -0.05) is 44.2 Å². The van der Waals surface area contributed by atoms with E-state index in [0.29, 0.717) is 12.8 Å². The van der Waals surface area contributed by atoms with Crippen LogP contribution in [0.1, 0.15) is 73.0 Å². The molecule has 6 nitrogen and oxygen atoms in total. The van der Waals surface area contributed by atoms with Crippen LogP contribution in [0.2, 0.25) is 0 Å². The van der Waals surface area contributed by atoms with Crippen molar-refractivity contribution in [3.8, 4) is 0 Å². The predicted molar refractivity (Wildman–Crippen MR) is 111 cm³/mol. The number of hydroxylamine groups is 2. The Labute approximate surface area is 174 Å². The lowest BCUT2D eigenvalue weighted by molar-refractivity contribution is -0.329. The van der Waals surface area contributed by atoms with Crippen LogP contribution in [0, 0.1) is 5.41 Å². The number of morpholine rings is 1. The van der Waals surface area contributed by atoms with E-state index in [2.05, 4.69) is 0 Å². The first-order valence-corrected chi connectivity index (χ1v) is 10.4. The zero-order chi connectivity index (χ0) is 21.9. The van der Waals surface area contributed by atoms with Gasteiger partial charge in [0.1, 0.15) is 30.4 Å². The molecule has 1 aromatic carbocycles. The topological polar surface area (TPSA) is 65.1 Å². The smallest absolute Gasteiger partial charge is 0.328 e. The monoisotopic (exact) mass is 405 g/mol. The van der Waals surface area contributed by atoms with Crippen molar-refractivity contribution < 1.29 is 23.9 Å². The minimum atomic E-state index is -0.940. The van der Waals surface area contributed by atoms with Crippen molar-refractivity contribution in [2.75, 3.05) is 13.2 Å². The van der Waals surface area contributed by atoms with Gasteiger partial charge in [0, 0.05) is 0 Å². The molecule has 1 fully saturated rings. The maximum atomic E-state index is 12.8. The summed E-state index contributed by atoms with van der Waals surface area (Å²) in [4.78, 5) is 31.6. The van der Waals surface area contributed by atoms with Gasteiger partial charge in [-0.3, -0.25) is 9.63 Å². The summed E-state index contributed by atoms with van der Waals surface area (Å²) in [7, 11) is 0. The highest BCUT2D eigenvalue weighted by atomic mass is 16.7. The summed E-state index contributed by atoms with van der Waals surface area (Å²) in [6, 6.07) is 9.84. The lowest BCUT2D eigenvalue weighted by Crippen LogP contribution is -2.70. The van der Waals surface area contributed by atoms with E-state index in [0.717, 1.165) is 5.56 Å². The molecular formula is C23H35NO5. The fraction of sp³-hybridized carbons (Fsp3) is 0.652. The van der Waals surface area contributed by atoms with E-state index in [4.69, 9.17) is 14.3 Å². The van der Waals surface area contributed by atoms with Gasteiger partial charge in [-0.15, -0.1) is 0 Å². The van der Waals surface area contributed by atoms with Gasteiger partial charge in [0.2, 0.25) is 0 Å². The van der Waals surface area contributed by atoms with Gasteiger partial charge in [-0.05, 0) is 53.0 Å². The third-order valence-corrected chi connectivity index (χ3v) is 5.60. The largest absolute Gasteiger partial charge is 0.463 e. The molecule has 1 heterocycles. The van der Waals surface area contributed by atoms with Crippen LogP contribution >= 0.6 is 0 Å². The van der Waals surface area contributed by atoms with E-state index in [-0.39, 0.29) is 31.3 Å². The quantitative estimate of drug-likeness (QED) is 0.625. The Morgan fingerprint density at radius 1 is 1.21 bits per heavy atom. The van der Waals surface area contributed by atoms with E-state index in [9.17, 15) is 9.59 Å². The van der Waals surface area contributed by atoms with E-state index in [1.165, 1.54) is 0 Å². The SMILES string of the molecule is CCC1(CC)C(=O)OCC(C)(COC(=O)C(C)(C)C)N1OC(C)c1ccccc1. The summed E-state index contributed by atoms with van der Waals surface area (Å²) in [6.07, 6.45) is 0.761. The fourth-order valence-corrected chi connectivity index (χ4v) is 3.55. The molecule has 0 bridgehead atoms. The van der Waals surface area contributed by atoms with Crippen LogP contribution in [0.5, 0.6) is 0 Å². The minimum absolute atomic E-state index is 0.0691. The van der Waals surface area contributed by atoms with Crippen LogP contribution in [-0.4, -0.2) is 41.3 Å². The average molecular weight is 406 g/mol. The average Bonchev–Trinajstić information content (AvgIpc) is 2.70.